The second-order valence-electron chi connectivity index (χ2n) is 9.64. The Morgan fingerprint density at radius 1 is 1.29 bits per heavy atom. The summed E-state index contributed by atoms with van der Waals surface area (Å²) < 4.78 is 0. The summed E-state index contributed by atoms with van der Waals surface area (Å²) >= 11 is 0. The topological polar surface area (TPSA) is 98.3 Å². The number of rotatable bonds is 2. The third-order valence-electron chi connectivity index (χ3n) is 6.63. The molecule has 1 amide bonds. The van der Waals surface area contributed by atoms with E-state index in [-0.39, 0.29) is 41.3 Å². The predicted octanol–water partition coefficient (Wildman–Crippen LogP) is 0.878. The average Bonchev–Trinajstić information content (AvgIpc) is 2.92. The van der Waals surface area contributed by atoms with Gasteiger partial charge in [-0.25, -0.2) is 4.98 Å². The quantitative estimate of drug-likeness (QED) is 0.672. The molecule has 0 aromatic carbocycles. The number of hydrogen-bond acceptors (Lipinski definition) is 5. The van der Waals surface area contributed by atoms with Crippen molar-refractivity contribution < 1.29 is 9.90 Å². The van der Waals surface area contributed by atoms with Crippen molar-refractivity contribution in [1.29, 1.82) is 0 Å². The second-order valence-corrected chi connectivity index (χ2v) is 9.64. The maximum Gasteiger partial charge on any atom is 0.254 e. The van der Waals surface area contributed by atoms with Gasteiger partial charge in [0.2, 0.25) is 5.91 Å². The molecule has 0 bridgehead atoms. The minimum Gasteiger partial charge on any atom is -0.395 e. The van der Waals surface area contributed by atoms with Gasteiger partial charge in [0.05, 0.1) is 17.7 Å². The molecular formula is C20H31ClN4O3. The number of amides is 1. The van der Waals surface area contributed by atoms with Crippen molar-refractivity contribution in [2.75, 3.05) is 32.8 Å². The molecule has 7 nitrogen and oxygen atoms in total. The lowest BCUT2D eigenvalue weighted by atomic mass is 9.75. The highest BCUT2D eigenvalue weighted by atomic mass is 35.5. The fraction of sp³-hybridized carbons (Fsp3) is 0.750. The first-order valence-electron chi connectivity index (χ1n) is 9.96. The molecule has 1 aliphatic carbocycles. The standard InChI is InChI=1S/C20H30N4O3.ClH/c1-18(2,3)16-22-14-13(15(26)23-16)5-7-19(14)6-4-8-24(11-19)17(27)20(12-25)9-21-10-20;/h21,25H,4-12H2,1-3H3,(H,22,23,26);1H. The Morgan fingerprint density at radius 2 is 2.00 bits per heavy atom. The summed E-state index contributed by atoms with van der Waals surface area (Å²) in [5.74, 6) is 0.753. The molecule has 2 saturated heterocycles. The summed E-state index contributed by atoms with van der Waals surface area (Å²) in [4.78, 5) is 35.6. The zero-order valence-electron chi connectivity index (χ0n) is 16.9. The zero-order chi connectivity index (χ0) is 19.4. The van der Waals surface area contributed by atoms with Crippen molar-refractivity contribution in [3.8, 4) is 0 Å². The second kappa shape index (κ2) is 7.11. The van der Waals surface area contributed by atoms with Crippen LogP contribution < -0.4 is 10.9 Å². The number of aromatic nitrogens is 2. The third-order valence-corrected chi connectivity index (χ3v) is 6.63. The summed E-state index contributed by atoms with van der Waals surface area (Å²) in [7, 11) is 0. The van der Waals surface area contributed by atoms with Crippen molar-refractivity contribution in [2.45, 2.75) is 57.3 Å². The van der Waals surface area contributed by atoms with Crippen LogP contribution in [0.2, 0.25) is 0 Å². The van der Waals surface area contributed by atoms with Crippen LogP contribution in [0.5, 0.6) is 0 Å². The summed E-state index contributed by atoms with van der Waals surface area (Å²) in [5.41, 5.74) is 0.530. The first kappa shape index (κ1) is 21.3. The van der Waals surface area contributed by atoms with E-state index in [4.69, 9.17) is 4.98 Å². The zero-order valence-corrected chi connectivity index (χ0v) is 17.7. The summed E-state index contributed by atoms with van der Waals surface area (Å²) in [6.45, 7) is 8.40. The van der Waals surface area contributed by atoms with Crippen LogP contribution in [0.15, 0.2) is 4.79 Å². The van der Waals surface area contributed by atoms with E-state index in [9.17, 15) is 14.7 Å². The van der Waals surface area contributed by atoms with Crippen LogP contribution in [0.1, 0.15) is 57.1 Å². The molecule has 1 unspecified atom stereocenters. The molecule has 0 saturated carbocycles. The minimum atomic E-state index is -0.669. The Hall–Kier alpha value is -1.44. The molecule has 1 aromatic rings. The van der Waals surface area contributed by atoms with Crippen molar-refractivity contribution in [3.05, 3.63) is 27.4 Å². The minimum absolute atomic E-state index is 0. The van der Waals surface area contributed by atoms with Gasteiger partial charge in [-0.15, -0.1) is 12.4 Å². The van der Waals surface area contributed by atoms with E-state index in [1.807, 2.05) is 25.7 Å². The van der Waals surface area contributed by atoms with Crippen LogP contribution in [-0.4, -0.2) is 58.7 Å². The SMILES string of the molecule is CC(C)(C)c1nc2c(c(=O)[nH]1)CCC21CCCN(C(=O)C2(CO)CNC2)C1.Cl. The molecule has 3 N–H and O–H groups in total. The van der Waals surface area contributed by atoms with Gasteiger partial charge in [-0.3, -0.25) is 9.59 Å². The molecule has 2 aliphatic heterocycles. The Labute approximate surface area is 171 Å². The molecule has 3 aliphatic rings. The van der Waals surface area contributed by atoms with Crippen LogP contribution in [0.3, 0.4) is 0 Å². The third kappa shape index (κ3) is 3.17. The summed E-state index contributed by atoms with van der Waals surface area (Å²) in [5, 5.41) is 12.9. The Balaban J connectivity index is 0.00000225. The van der Waals surface area contributed by atoms with Crippen LogP contribution in [-0.2, 0) is 22.0 Å². The van der Waals surface area contributed by atoms with Gasteiger partial charge in [0.25, 0.3) is 5.56 Å². The van der Waals surface area contributed by atoms with E-state index >= 15 is 0 Å². The maximum absolute atomic E-state index is 13.1. The van der Waals surface area contributed by atoms with Crippen molar-refractivity contribution in [1.82, 2.24) is 20.2 Å². The number of carbonyl (C=O) groups excluding carboxylic acids is 1. The van der Waals surface area contributed by atoms with Gasteiger partial charge >= 0.3 is 0 Å². The van der Waals surface area contributed by atoms with Gasteiger partial charge in [-0.2, -0.15) is 0 Å². The Morgan fingerprint density at radius 3 is 2.57 bits per heavy atom. The number of aromatic amines is 1. The van der Waals surface area contributed by atoms with E-state index in [0.29, 0.717) is 32.0 Å². The Kier molecular flexibility index (Phi) is 5.40. The average molecular weight is 411 g/mol. The molecule has 2 fully saturated rings. The number of nitrogens with one attached hydrogen (secondary N) is 2. The number of aliphatic hydroxyl groups is 1. The number of piperidine rings is 1. The number of halogens is 1. The van der Waals surface area contributed by atoms with E-state index in [2.05, 4.69) is 10.3 Å². The smallest absolute Gasteiger partial charge is 0.254 e. The summed E-state index contributed by atoms with van der Waals surface area (Å²) in [6.07, 6.45) is 3.44. The van der Waals surface area contributed by atoms with Crippen molar-refractivity contribution in [2.24, 2.45) is 5.41 Å². The first-order chi connectivity index (χ1) is 12.7. The van der Waals surface area contributed by atoms with Crippen LogP contribution >= 0.6 is 12.4 Å². The molecule has 3 heterocycles. The van der Waals surface area contributed by atoms with Gasteiger partial charge in [0.1, 0.15) is 5.82 Å². The molecule has 1 atom stereocenters. The first-order valence-corrected chi connectivity index (χ1v) is 9.96. The largest absolute Gasteiger partial charge is 0.395 e. The van der Waals surface area contributed by atoms with Crippen LogP contribution in [0.25, 0.3) is 0 Å². The number of likely N-dealkylation sites (tertiary alicyclic amines) is 1. The van der Waals surface area contributed by atoms with E-state index in [1.54, 1.807) is 0 Å². The predicted molar refractivity (Wildman–Crippen MR) is 109 cm³/mol. The number of fused-ring (bicyclic) bond motifs is 2. The fourth-order valence-electron chi connectivity index (χ4n) is 4.80. The van der Waals surface area contributed by atoms with Crippen LogP contribution in [0, 0.1) is 5.41 Å². The van der Waals surface area contributed by atoms with E-state index in [0.717, 1.165) is 36.9 Å². The van der Waals surface area contributed by atoms with E-state index in [1.165, 1.54) is 0 Å². The number of carbonyl (C=O) groups is 1. The fourth-order valence-corrected chi connectivity index (χ4v) is 4.80. The number of aliphatic hydroxyl groups excluding tert-OH is 1. The maximum atomic E-state index is 13.1. The van der Waals surface area contributed by atoms with Gasteiger partial charge in [-0.05, 0) is 25.7 Å². The van der Waals surface area contributed by atoms with Gasteiger partial charge < -0.3 is 20.3 Å². The summed E-state index contributed by atoms with van der Waals surface area (Å²) in [6, 6.07) is 0. The normalized spacial score (nSPS) is 25.8. The van der Waals surface area contributed by atoms with Crippen LogP contribution in [0.4, 0.5) is 0 Å². The van der Waals surface area contributed by atoms with Gasteiger partial charge in [0, 0.05) is 42.6 Å². The van der Waals surface area contributed by atoms with Crippen molar-refractivity contribution in [3.63, 3.8) is 0 Å². The van der Waals surface area contributed by atoms with E-state index < -0.39 is 5.41 Å². The van der Waals surface area contributed by atoms with Gasteiger partial charge in [0.15, 0.2) is 0 Å². The molecule has 28 heavy (non-hydrogen) atoms. The lowest BCUT2D eigenvalue weighted by molar-refractivity contribution is -0.150. The number of hydrogen-bond donors (Lipinski definition) is 3. The Bertz CT molecular complexity index is 822. The molecule has 8 heteroatoms. The molecule has 4 rings (SSSR count). The number of nitrogens with zero attached hydrogens (tertiary/aromatic N) is 2. The highest BCUT2D eigenvalue weighted by Crippen LogP contribution is 2.44. The lowest BCUT2D eigenvalue weighted by Crippen LogP contribution is -2.65. The van der Waals surface area contributed by atoms with Crippen molar-refractivity contribution >= 4 is 18.3 Å². The number of H-pyrrole nitrogens is 1. The monoisotopic (exact) mass is 410 g/mol. The highest BCUT2D eigenvalue weighted by molar-refractivity contribution is 5.85. The molecule has 1 aromatic heterocycles. The van der Waals surface area contributed by atoms with Gasteiger partial charge in [-0.1, -0.05) is 20.8 Å². The molecular weight excluding hydrogens is 380 g/mol. The molecule has 1 spiro atoms. The molecule has 156 valence electrons. The molecule has 0 radical (unpaired) electrons. The highest BCUT2D eigenvalue weighted by Gasteiger charge is 2.51. The lowest BCUT2D eigenvalue weighted by Gasteiger charge is -2.47.